The van der Waals surface area contributed by atoms with Crippen LogP contribution in [0.5, 0.6) is 5.75 Å². The summed E-state index contributed by atoms with van der Waals surface area (Å²) in [5.74, 6) is 0.171. The molecule has 0 spiro atoms. The zero-order chi connectivity index (χ0) is 8.10. The zero-order valence-electron chi connectivity index (χ0n) is 5.94. The van der Waals surface area contributed by atoms with Crippen molar-refractivity contribution in [3.05, 3.63) is 29.8 Å². The van der Waals surface area contributed by atoms with Gasteiger partial charge in [-0.1, -0.05) is 12.1 Å². The molecule has 1 aromatic rings. The van der Waals surface area contributed by atoms with Gasteiger partial charge in [-0.2, -0.15) is 0 Å². The van der Waals surface area contributed by atoms with Crippen molar-refractivity contribution in [1.82, 2.24) is 0 Å². The van der Waals surface area contributed by atoms with E-state index in [1.54, 1.807) is 24.3 Å². The molecular weight excluding hydrogens is 142 g/mol. The Kier molecular flexibility index (Phi) is 2.63. The van der Waals surface area contributed by atoms with Crippen molar-refractivity contribution in [3.8, 4) is 5.75 Å². The Morgan fingerprint density at radius 2 is 2.09 bits per heavy atom. The van der Waals surface area contributed by atoms with Crippen LogP contribution >= 0.6 is 0 Å². The van der Waals surface area contributed by atoms with E-state index < -0.39 is 0 Å². The van der Waals surface area contributed by atoms with Crippen LogP contribution in [0.25, 0.3) is 0 Å². The van der Waals surface area contributed by atoms with E-state index in [1.165, 1.54) is 6.21 Å². The van der Waals surface area contributed by atoms with Crippen molar-refractivity contribution < 1.29 is 10.2 Å². The first kappa shape index (κ1) is 7.75. The number of para-hydroxylation sites is 1. The Morgan fingerprint density at radius 1 is 1.36 bits per heavy atom. The number of rotatable bonds is 2. The lowest BCUT2D eigenvalue weighted by atomic mass is 10.2. The number of aromatic hydroxyl groups is 1. The van der Waals surface area contributed by atoms with Crippen molar-refractivity contribution >= 4 is 6.21 Å². The van der Waals surface area contributed by atoms with Gasteiger partial charge >= 0.3 is 0 Å². The maximum atomic E-state index is 9.16. The van der Waals surface area contributed by atoms with Gasteiger partial charge in [0, 0.05) is 11.8 Å². The summed E-state index contributed by atoms with van der Waals surface area (Å²) in [6, 6.07) is 6.80. The summed E-state index contributed by atoms with van der Waals surface area (Å²) in [5.41, 5.74) is 0.613. The van der Waals surface area contributed by atoms with E-state index in [0.29, 0.717) is 5.56 Å². The average Bonchev–Trinajstić information content (AvgIpc) is 2.03. The predicted octanol–water partition coefficient (Wildman–Crippen LogP) is 0.761. The molecular formula is C8H9NO2. The standard InChI is InChI=1S/C8H9NO2/c10-6-9-5-7-3-1-2-4-8(7)11/h1-5,10-11H,6H2/b9-5+. The summed E-state index contributed by atoms with van der Waals surface area (Å²) >= 11 is 0. The molecule has 0 aliphatic carbocycles. The maximum Gasteiger partial charge on any atom is 0.134 e. The third-order valence-electron chi connectivity index (χ3n) is 1.25. The van der Waals surface area contributed by atoms with Gasteiger partial charge in [-0.05, 0) is 12.1 Å². The van der Waals surface area contributed by atoms with Gasteiger partial charge in [0.25, 0.3) is 0 Å². The van der Waals surface area contributed by atoms with Gasteiger partial charge in [0.1, 0.15) is 12.5 Å². The highest BCUT2D eigenvalue weighted by molar-refractivity contribution is 5.83. The first-order valence-electron chi connectivity index (χ1n) is 3.23. The van der Waals surface area contributed by atoms with Crippen LogP contribution in [0.15, 0.2) is 29.3 Å². The van der Waals surface area contributed by atoms with E-state index in [-0.39, 0.29) is 12.5 Å². The Balaban J connectivity index is 2.86. The molecule has 3 heteroatoms. The lowest BCUT2D eigenvalue weighted by molar-refractivity contribution is 0.310. The maximum absolute atomic E-state index is 9.16. The van der Waals surface area contributed by atoms with Crippen molar-refractivity contribution in [2.24, 2.45) is 4.99 Å². The fourth-order valence-electron chi connectivity index (χ4n) is 0.736. The van der Waals surface area contributed by atoms with Crippen LogP contribution in [-0.2, 0) is 0 Å². The summed E-state index contributed by atoms with van der Waals surface area (Å²) < 4.78 is 0. The zero-order valence-corrected chi connectivity index (χ0v) is 5.94. The second-order valence-corrected chi connectivity index (χ2v) is 2.01. The number of aliphatic hydroxyl groups is 1. The van der Waals surface area contributed by atoms with E-state index in [9.17, 15) is 0 Å². The highest BCUT2D eigenvalue weighted by Crippen LogP contribution is 2.12. The largest absolute Gasteiger partial charge is 0.507 e. The van der Waals surface area contributed by atoms with Crippen LogP contribution in [-0.4, -0.2) is 23.2 Å². The molecule has 0 fully saturated rings. The van der Waals surface area contributed by atoms with Crippen LogP contribution in [0.4, 0.5) is 0 Å². The Bertz CT molecular complexity index is 258. The third kappa shape index (κ3) is 2.05. The first-order valence-corrected chi connectivity index (χ1v) is 3.23. The smallest absolute Gasteiger partial charge is 0.134 e. The van der Waals surface area contributed by atoms with Crippen LogP contribution in [0.3, 0.4) is 0 Å². The van der Waals surface area contributed by atoms with Crippen LogP contribution in [0.1, 0.15) is 5.56 Å². The van der Waals surface area contributed by atoms with Crippen LogP contribution < -0.4 is 0 Å². The van der Waals surface area contributed by atoms with Crippen molar-refractivity contribution in [2.75, 3.05) is 6.73 Å². The van der Waals surface area contributed by atoms with E-state index in [0.717, 1.165) is 0 Å². The average molecular weight is 151 g/mol. The van der Waals surface area contributed by atoms with E-state index in [4.69, 9.17) is 10.2 Å². The minimum Gasteiger partial charge on any atom is -0.507 e. The summed E-state index contributed by atoms with van der Waals surface area (Å²) in [6.07, 6.45) is 1.43. The number of hydrogen-bond donors (Lipinski definition) is 2. The lowest BCUT2D eigenvalue weighted by Gasteiger charge is -1.94. The SMILES string of the molecule is OC/N=C/c1ccccc1O. The Morgan fingerprint density at radius 3 is 2.73 bits per heavy atom. The van der Waals surface area contributed by atoms with Gasteiger partial charge in [0.15, 0.2) is 0 Å². The van der Waals surface area contributed by atoms with Crippen molar-refractivity contribution in [1.29, 1.82) is 0 Å². The van der Waals surface area contributed by atoms with Crippen LogP contribution in [0, 0.1) is 0 Å². The molecule has 3 nitrogen and oxygen atoms in total. The molecule has 0 bridgehead atoms. The predicted molar refractivity (Wildman–Crippen MR) is 42.8 cm³/mol. The molecule has 0 aromatic heterocycles. The molecule has 1 aromatic carbocycles. The Hall–Kier alpha value is -1.35. The van der Waals surface area contributed by atoms with E-state index in [2.05, 4.69) is 4.99 Å². The van der Waals surface area contributed by atoms with Crippen molar-refractivity contribution in [3.63, 3.8) is 0 Å². The molecule has 0 unspecified atom stereocenters. The summed E-state index contributed by atoms with van der Waals surface area (Å²) in [6.45, 7) is -0.256. The fraction of sp³-hybridized carbons (Fsp3) is 0.125. The molecule has 1 rings (SSSR count). The molecule has 0 heterocycles. The Labute approximate surface area is 64.6 Å². The van der Waals surface area contributed by atoms with Crippen LogP contribution in [0.2, 0.25) is 0 Å². The summed E-state index contributed by atoms with van der Waals surface area (Å²) in [7, 11) is 0. The molecule has 0 amide bonds. The second kappa shape index (κ2) is 3.73. The highest BCUT2D eigenvalue weighted by atomic mass is 16.3. The monoisotopic (exact) mass is 151 g/mol. The number of aliphatic hydroxyl groups excluding tert-OH is 1. The van der Waals surface area contributed by atoms with E-state index in [1.807, 2.05) is 0 Å². The number of phenolic OH excluding ortho intramolecular Hbond substituents is 1. The normalized spacial score (nSPS) is 10.6. The molecule has 0 saturated heterocycles. The number of phenols is 1. The molecule has 2 N–H and O–H groups in total. The molecule has 0 aliphatic rings. The number of hydrogen-bond acceptors (Lipinski definition) is 3. The number of nitrogens with zero attached hydrogens (tertiary/aromatic N) is 1. The molecule has 11 heavy (non-hydrogen) atoms. The van der Waals surface area contributed by atoms with Gasteiger partial charge < -0.3 is 10.2 Å². The minimum absolute atomic E-state index is 0.171. The molecule has 0 atom stereocenters. The fourth-order valence-corrected chi connectivity index (χ4v) is 0.736. The highest BCUT2D eigenvalue weighted by Gasteiger charge is 1.92. The van der Waals surface area contributed by atoms with Gasteiger partial charge in [0.05, 0.1) is 0 Å². The van der Waals surface area contributed by atoms with E-state index >= 15 is 0 Å². The summed E-state index contributed by atoms with van der Waals surface area (Å²) in [5, 5.41) is 17.5. The van der Waals surface area contributed by atoms with Gasteiger partial charge in [-0.25, -0.2) is 0 Å². The van der Waals surface area contributed by atoms with Crippen molar-refractivity contribution in [2.45, 2.75) is 0 Å². The van der Waals surface area contributed by atoms with Gasteiger partial charge in [0.2, 0.25) is 0 Å². The number of aliphatic imine (C=N–C) groups is 1. The molecule has 0 saturated carbocycles. The molecule has 58 valence electrons. The second-order valence-electron chi connectivity index (χ2n) is 2.01. The topological polar surface area (TPSA) is 52.8 Å². The molecule has 0 radical (unpaired) electrons. The quantitative estimate of drug-likeness (QED) is 0.613. The van der Waals surface area contributed by atoms with Gasteiger partial charge in [-0.3, -0.25) is 4.99 Å². The summed E-state index contributed by atoms with van der Waals surface area (Å²) in [4.78, 5) is 3.57. The molecule has 0 aliphatic heterocycles. The lowest BCUT2D eigenvalue weighted by Crippen LogP contribution is -1.83. The first-order chi connectivity index (χ1) is 5.34. The van der Waals surface area contributed by atoms with Gasteiger partial charge in [-0.15, -0.1) is 0 Å². The minimum atomic E-state index is -0.256. The third-order valence-corrected chi connectivity index (χ3v) is 1.25. The number of benzene rings is 1.